The predicted molar refractivity (Wildman–Crippen MR) is 83.4 cm³/mol. The van der Waals surface area contributed by atoms with E-state index in [9.17, 15) is 4.79 Å². The lowest BCUT2D eigenvalue weighted by Crippen LogP contribution is -2.37. The van der Waals surface area contributed by atoms with E-state index in [1.807, 2.05) is 17.0 Å². The van der Waals surface area contributed by atoms with E-state index in [2.05, 4.69) is 20.8 Å². The highest BCUT2D eigenvalue weighted by molar-refractivity contribution is 6.32. The second-order valence-electron chi connectivity index (χ2n) is 6.35. The number of ether oxygens (including phenoxy) is 1. The summed E-state index contributed by atoms with van der Waals surface area (Å²) in [5, 5.41) is 0.570. The van der Waals surface area contributed by atoms with Crippen molar-refractivity contribution in [3.8, 4) is 5.75 Å². The molecule has 1 aromatic rings. The van der Waals surface area contributed by atoms with Gasteiger partial charge in [0.05, 0.1) is 5.02 Å². The van der Waals surface area contributed by atoms with Crippen molar-refractivity contribution in [2.45, 2.75) is 39.7 Å². The second-order valence-corrected chi connectivity index (χ2v) is 6.76. The SMILES string of the molecule is CC(C)C[C@H](C)N1CC2=C(Oc3c(Cl)cccc3C2)C1=O. The number of carbonyl (C=O) groups is 1. The molecule has 0 saturated carbocycles. The van der Waals surface area contributed by atoms with Gasteiger partial charge in [0.1, 0.15) is 5.75 Å². The molecule has 0 radical (unpaired) electrons. The van der Waals surface area contributed by atoms with Crippen LogP contribution >= 0.6 is 11.6 Å². The third-order valence-electron chi connectivity index (χ3n) is 4.14. The monoisotopic (exact) mass is 305 g/mol. The molecular weight excluding hydrogens is 286 g/mol. The summed E-state index contributed by atoms with van der Waals surface area (Å²) in [6.45, 7) is 7.14. The molecule has 1 amide bonds. The second kappa shape index (κ2) is 5.38. The van der Waals surface area contributed by atoms with Gasteiger partial charge in [0.15, 0.2) is 5.76 Å². The summed E-state index contributed by atoms with van der Waals surface area (Å²) in [4.78, 5) is 14.5. The van der Waals surface area contributed by atoms with Crippen molar-refractivity contribution in [3.05, 3.63) is 40.1 Å². The van der Waals surface area contributed by atoms with Crippen molar-refractivity contribution >= 4 is 17.5 Å². The van der Waals surface area contributed by atoms with Gasteiger partial charge >= 0.3 is 0 Å². The molecule has 21 heavy (non-hydrogen) atoms. The molecular formula is C17H20ClNO2. The highest BCUT2D eigenvalue weighted by Crippen LogP contribution is 2.39. The minimum Gasteiger partial charge on any atom is -0.450 e. The Hall–Kier alpha value is -1.48. The fourth-order valence-electron chi connectivity index (χ4n) is 3.19. The van der Waals surface area contributed by atoms with Crippen LogP contribution in [-0.4, -0.2) is 23.4 Å². The quantitative estimate of drug-likeness (QED) is 0.850. The summed E-state index contributed by atoms with van der Waals surface area (Å²) in [5.41, 5.74) is 2.14. The highest BCUT2D eigenvalue weighted by Gasteiger charge is 2.38. The lowest BCUT2D eigenvalue weighted by molar-refractivity contribution is -0.129. The molecule has 0 N–H and O–H groups in total. The van der Waals surface area contributed by atoms with Crippen molar-refractivity contribution in [1.29, 1.82) is 0 Å². The molecule has 3 rings (SSSR count). The number of fused-ring (bicyclic) bond motifs is 1. The molecule has 3 nitrogen and oxygen atoms in total. The Morgan fingerprint density at radius 2 is 2.10 bits per heavy atom. The maximum atomic E-state index is 12.6. The van der Waals surface area contributed by atoms with Gasteiger partial charge in [-0.15, -0.1) is 0 Å². The smallest absolute Gasteiger partial charge is 0.290 e. The zero-order chi connectivity index (χ0) is 15.1. The van der Waals surface area contributed by atoms with Gasteiger partial charge in [0, 0.05) is 30.1 Å². The molecule has 2 heterocycles. The number of amides is 1. The fraction of sp³-hybridized carbons (Fsp3) is 0.471. The Morgan fingerprint density at radius 3 is 2.81 bits per heavy atom. The summed E-state index contributed by atoms with van der Waals surface area (Å²) in [7, 11) is 0. The number of halogens is 1. The molecule has 0 aromatic heterocycles. The summed E-state index contributed by atoms with van der Waals surface area (Å²) in [6.07, 6.45) is 1.75. The van der Waals surface area contributed by atoms with Crippen LogP contribution in [0.4, 0.5) is 0 Å². The molecule has 1 atom stereocenters. The molecule has 2 aliphatic heterocycles. The third-order valence-corrected chi connectivity index (χ3v) is 4.44. The minimum atomic E-state index is 0.00344. The largest absolute Gasteiger partial charge is 0.450 e. The van der Waals surface area contributed by atoms with Gasteiger partial charge < -0.3 is 9.64 Å². The molecule has 2 aliphatic rings. The van der Waals surface area contributed by atoms with Crippen LogP contribution in [0.5, 0.6) is 5.75 Å². The summed E-state index contributed by atoms with van der Waals surface area (Å²) >= 11 is 6.18. The number of hydrogen-bond acceptors (Lipinski definition) is 2. The Balaban J connectivity index is 1.83. The zero-order valence-corrected chi connectivity index (χ0v) is 13.4. The van der Waals surface area contributed by atoms with Gasteiger partial charge in [0.25, 0.3) is 5.91 Å². The van der Waals surface area contributed by atoms with E-state index in [1.165, 1.54) is 0 Å². The van der Waals surface area contributed by atoms with Gasteiger partial charge in [0.2, 0.25) is 0 Å². The highest BCUT2D eigenvalue weighted by atomic mass is 35.5. The molecule has 0 saturated heterocycles. The van der Waals surface area contributed by atoms with Crippen LogP contribution in [0.25, 0.3) is 0 Å². The van der Waals surface area contributed by atoms with Crippen molar-refractivity contribution in [2.24, 2.45) is 5.92 Å². The van der Waals surface area contributed by atoms with E-state index < -0.39 is 0 Å². The molecule has 112 valence electrons. The van der Waals surface area contributed by atoms with Crippen LogP contribution in [0.1, 0.15) is 32.8 Å². The summed E-state index contributed by atoms with van der Waals surface area (Å²) in [5.74, 6) is 1.71. The van der Waals surface area contributed by atoms with E-state index in [0.717, 1.165) is 24.0 Å². The van der Waals surface area contributed by atoms with Crippen LogP contribution in [-0.2, 0) is 11.2 Å². The van der Waals surface area contributed by atoms with Gasteiger partial charge in [-0.3, -0.25) is 4.79 Å². The first-order valence-electron chi connectivity index (χ1n) is 7.45. The van der Waals surface area contributed by atoms with Crippen LogP contribution in [0, 0.1) is 5.92 Å². The molecule has 4 heteroatoms. The average molecular weight is 306 g/mol. The number of rotatable bonds is 3. The fourth-order valence-corrected chi connectivity index (χ4v) is 3.42. The molecule has 0 fully saturated rings. The maximum Gasteiger partial charge on any atom is 0.290 e. The molecule has 1 aromatic carbocycles. The predicted octanol–water partition coefficient (Wildman–Crippen LogP) is 3.81. The van der Waals surface area contributed by atoms with Crippen LogP contribution < -0.4 is 4.74 Å². The van der Waals surface area contributed by atoms with Crippen molar-refractivity contribution in [1.82, 2.24) is 4.90 Å². The third kappa shape index (κ3) is 2.55. The Kier molecular flexibility index (Phi) is 3.70. The number of carbonyl (C=O) groups excluding carboxylic acids is 1. The molecule has 0 bridgehead atoms. The van der Waals surface area contributed by atoms with E-state index in [0.29, 0.717) is 29.0 Å². The number of para-hydroxylation sites is 1. The van der Waals surface area contributed by atoms with E-state index in [1.54, 1.807) is 6.07 Å². The van der Waals surface area contributed by atoms with Crippen molar-refractivity contribution < 1.29 is 9.53 Å². The topological polar surface area (TPSA) is 29.5 Å². The molecule has 0 unspecified atom stereocenters. The van der Waals surface area contributed by atoms with E-state index in [-0.39, 0.29) is 11.9 Å². The lowest BCUT2D eigenvalue weighted by Gasteiger charge is -2.26. The Bertz CT molecular complexity index is 621. The van der Waals surface area contributed by atoms with E-state index >= 15 is 0 Å². The summed E-state index contributed by atoms with van der Waals surface area (Å²) < 4.78 is 5.84. The Morgan fingerprint density at radius 1 is 1.33 bits per heavy atom. The van der Waals surface area contributed by atoms with Crippen molar-refractivity contribution in [2.75, 3.05) is 6.54 Å². The van der Waals surface area contributed by atoms with Crippen LogP contribution in [0.3, 0.4) is 0 Å². The first-order chi connectivity index (χ1) is 9.97. The summed E-state index contributed by atoms with van der Waals surface area (Å²) in [6, 6.07) is 5.96. The van der Waals surface area contributed by atoms with Crippen LogP contribution in [0.2, 0.25) is 5.02 Å². The van der Waals surface area contributed by atoms with Crippen LogP contribution in [0.15, 0.2) is 29.5 Å². The number of nitrogens with zero attached hydrogens (tertiary/aromatic N) is 1. The van der Waals surface area contributed by atoms with Gasteiger partial charge in [-0.05, 0) is 25.3 Å². The maximum absolute atomic E-state index is 12.6. The lowest BCUT2D eigenvalue weighted by atomic mass is 10.0. The van der Waals surface area contributed by atoms with E-state index in [4.69, 9.17) is 16.3 Å². The van der Waals surface area contributed by atoms with Gasteiger partial charge in [-0.2, -0.15) is 0 Å². The Labute approximate surface area is 130 Å². The number of benzene rings is 1. The van der Waals surface area contributed by atoms with Gasteiger partial charge in [-0.25, -0.2) is 0 Å². The first kappa shape index (κ1) is 14.5. The standard InChI is InChI=1S/C17H20ClNO2/c1-10(2)7-11(3)19-9-13-8-12-5-4-6-14(18)15(12)21-16(13)17(19)20/h4-6,10-11H,7-9H2,1-3H3/t11-/m0/s1. The zero-order valence-electron chi connectivity index (χ0n) is 12.6. The van der Waals surface area contributed by atoms with Crippen molar-refractivity contribution in [3.63, 3.8) is 0 Å². The average Bonchev–Trinajstić information content (AvgIpc) is 2.74. The molecule has 0 aliphatic carbocycles. The number of hydrogen-bond donors (Lipinski definition) is 0. The molecule has 0 spiro atoms. The minimum absolute atomic E-state index is 0.00344. The normalized spacial score (nSPS) is 18.7. The first-order valence-corrected chi connectivity index (χ1v) is 7.83. The van der Waals surface area contributed by atoms with Gasteiger partial charge in [-0.1, -0.05) is 37.6 Å².